The third-order valence-electron chi connectivity index (χ3n) is 4.24. The van der Waals surface area contributed by atoms with E-state index in [-0.39, 0.29) is 6.10 Å². The quantitative estimate of drug-likeness (QED) is 0.812. The van der Waals surface area contributed by atoms with Crippen LogP contribution in [0.1, 0.15) is 23.7 Å². The standard InChI is InChI=1S/C19H18O5/c20-11-15-17-16(23-19(22-15)14-9-5-2-6-10-14)12-21-18(24-17)13-7-3-1-4-8-13/h1-11,15-19H,12H2/t15-,16+,17-,18+,19-/m0/s1. The molecule has 2 saturated heterocycles. The van der Waals surface area contributed by atoms with E-state index in [4.69, 9.17) is 18.9 Å². The number of rotatable bonds is 3. The highest BCUT2D eigenvalue weighted by molar-refractivity contribution is 5.57. The summed E-state index contributed by atoms with van der Waals surface area (Å²) in [5.74, 6) is 0. The van der Waals surface area contributed by atoms with Gasteiger partial charge in [-0.1, -0.05) is 60.7 Å². The normalized spacial score (nSPS) is 32.8. The van der Waals surface area contributed by atoms with Crippen LogP contribution in [0.2, 0.25) is 0 Å². The van der Waals surface area contributed by atoms with Crippen LogP contribution in [0.25, 0.3) is 0 Å². The minimum atomic E-state index is -0.691. The molecule has 5 nitrogen and oxygen atoms in total. The van der Waals surface area contributed by atoms with Gasteiger partial charge in [-0.15, -0.1) is 0 Å². The zero-order valence-electron chi connectivity index (χ0n) is 13.0. The Bertz CT molecular complexity index is 675. The van der Waals surface area contributed by atoms with Crippen molar-refractivity contribution in [2.45, 2.75) is 30.9 Å². The summed E-state index contributed by atoms with van der Waals surface area (Å²) in [7, 11) is 0. The van der Waals surface area contributed by atoms with Crippen molar-refractivity contribution in [3.8, 4) is 0 Å². The van der Waals surface area contributed by atoms with Gasteiger partial charge in [0.05, 0.1) is 6.61 Å². The maximum absolute atomic E-state index is 11.5. The second-order valence-corrected chi connectivity index (χ2v) is 5.83. The van der Waals surface area contributed by atoms with Crippen molar-refractivity contribution in [3.05, 3.63) is 71.8 Å². The van der Waals surface area contributed by atoms with E-state index in [9.17, 15) is 4.79 Å². The predicted molar refractivity (Wildman–Crippen MR) is 85.0 cm³/mol. The fourth-order valence-corrected chi connectivity index (χ4v) is 3.03. The second kappa shape index (κ2) is 6.83. The Labute approximate surface area is 140 Å². The Balaban J connectivity index is 1.52. The summed E-state index contributed by atoms with van der Waals surface area (Å²) >= 11 is 0. The zero-order chi connectivity index (χ0) is 16.4. The molecule has 2 aromatic carbocycles. The molecule has 24 heavy (non-hydrogen) atoms. The van der Waals surface area contributed by atoms with Crippen molar-refractivity contribution < 1.29 is 23.7 Å². The molecule has 2 fully saturated rings. The van der Waals surface area contributed by atoms with E-state index in [1.807, 2.05) is 60.7 Å². The van der Waals surface area contributed by atoms with Crippen molar-refractivity contribution in [1.82, 2.24) is 0 Å². The monoisotopic (exact) mass is 326 g/mol. The molecule has 0 unspecified atom stereocenters. The molecule has 5 heteroatoms. The van der Waals surface area contributed by atoms with Crippen LogP contribution in [0.5, 0.6) is 0 Å². The predicted octanol–water partition coefficient (Wildman–Crippen LogP) is 2.78. The summed E-state index contributed by atoms with van der Waals surface area (Å²) in [6.07, 6.45) is -1.85. The van der Waals surface area contributed by atoms with Gasteiger partial charge in [-0.25, -0.2) is 0 Å². The van der Waals surface area contributed by atoms with E-state index in [0.29, 0.717) is 6.61 Å². The molecule has 2 aliphatic heterocycles. The van der Waals surface area contributed by atoms with Crippen molar-refractivity contribution in [2.24, 2.45) is 0 Å². The van der Waals surface area contributed by atoms with E-state index in [1.165, 1.54) is 0 Å². The molecule has 2 aromatic rings. The fraction of sp³-hybridized carbons (Fsp3) is 0.316. The van der Waals surface area contributed by atoms with Gasteiger partial charge >= 0.3 is 0 Å². The Kier molecular flexibility index (Phi) is 4.40. The molecule has 0 aromatic heterocycles. The van der Waals surface area contributed by atoms with Crippen molar-refractivity contribution in [1.29, 1.82) is 0 Å². The number of benzene rings is 2. The molecule has 0 aliphatic carbocycles. The van der Waals surface area contributed by atoms with Crippen LogP contribution in [-0.4, -0.2) is 31.2 Å². The van der Waals surface area contributed by atoms with Crippen LogP contribution in [0.3, 0.4) is 0 Å². The average molecular weight is 326 g/mol. The molecule has 0 amide bonds. The van der Waals surface area contributed by atoms with Gasteiger partial charge in [0, 0.05) is 11.1 Å². The van der Waals surface area contributed by atoms with Gasteiger partial charge in [0.2, 0.25) is 0 Å². The largest absolute Gasteiger partial charge is 0.346 e. The zero-order valence-corrected chi connectivity index (χ0v) is 13.0. The van der Waals surface area contributed by atoms with Crippen LogP contribution in [0.15, 0.2) is 60.7 Å². The molecule has 0 radical (unpaired) electrons. The number of ether oxygens (including phenoxy) is 4. The summed E-state index contributed by atoms with van der Waals surface area (Å²) in [6, 6.07) is 19.2. The molecule has 2 heterocycles. The maximum Gasteiger partial charge on any atom is 0.185 e. The van der Waals surface area contributed by atoms with Crippen molar-refractivity contribution in [3.63, 3.8) is 0 Å². The molecule has 4 rings (SSSR count). The molecule has 0 N–H and O–H groups in total. The average Bonchev–Trinajstić information content (AvgIpc) is 2.68. The first-order chi connectivity index (χ1) is 11.8. The number of hydrogen-bond acceptors (Lipinski definition) is 5. The minimum absolute atomic E-state index is 0.348. The summed E-state index contributed by atoms with van der Waals surface area (Å²) in [6.45, 7) is 0.348. The number of hydrogen-bond donors (Lipinski definition) is 0. The fourth-order valence-electron chi connectivity index (χ4n) is 3.03. The third-order valence-corrected chi connectivity index (χ3v) is 4.24. The first-order valence-corrected chi connectivity index (χ1v) is 7.98. The van der Waals surface area contributed by atoms with Crippen LogP contribution in [0, 0.1) is 0 Å². The lowest BCUT2D eigenvalue weighted by molar-refractivity contribution is -0.355. The number of aldehydes is 1. The number of fused-ring (bicyclic) bond motifs is 1. The molecular weight excluding hydrogens is 308 g/mol. The van der Waals surface area contributed by atoms with Gasteiger partial charge in [0.25, 0.3) is 0 Å². The minimum Gasteiger partial charge on any atom is -0.346 e. The molecular formula is C19H18O5. The molecule has 124 valence electrons. The van der Waals surface area contributed by atoms with Crippen LogP contribution >= 0.6 is 0 Å². The van der Waals surface area contributed by atoms with E-state index in [2.05, 4.69) is 0 Å². The summed E-state index contributed by atoms with van der Waals surface area (Å²) in [4.78, 5) is 11.5. The van der Waals surface area contributed by atoms with E-state index >= 15 is 0 Å². The van der Waals surface area contributed by atoms with E-state index in [0.717, 1.165) is 17.4 Å². The van der Waals surface area contributed by atoms with Gasteiger partial charge in [-0.05, 0) is 0 Å². The molecule has 5 atom stereocenters. The van der Waals surface area contributed by atoms with Gasteiger partial charge in [0.1, 0.15) is 18.3 Å². The van der Waals surface area contributed by atoms with Crippen molar-refractivity contribution >= 4 is 6.29 Å². The Morgan fingerprint density at radius 3 is 2.04 bits per heavy atom. The highest BCUT2D eigenvalue weighted by atomic mass is 16.8. The summed E-state index contributed by atoms with van der Waals surface area (Å²) in [5, 5.41) is 0. The molecule has 0 bridgehead atoms. The Morgan fingerprint density at radius 1 is 0.792 bits per heavy atom. The lowest BCUT2D eigenvalue weighted by Gasteiger charge is -2.44. The smallest absolute Gasteiger partial charge is 0.185 e. The molecule has 0 spiro atoms. The summed E-state index contributed by atoms with van der Waals surface area (Å²) < 4.78 is 23.5. The van der Waals surface area contributed by atoms with Crippen LogP contribution in [-0.2, 0) is 23.7 Å². The SMILES string of the molecule is O=C[C@@H]1O[C@H](c2ccccc2)O[C@@H]2CO[C@@H](c3ccccc3)O[C@@H]12. The first-order valence-electron chi connectivity index (χ1n) is 7.98. The lowest BCUT2D eigenvalue weighted by atomic mass is 10.0. The van der Waals surface area contributed by atoms with Gasteiger partial charge in [-0.3, -0.25) is 0 Å². The van der Waals surface area contributed by atoms with Crippen molar-refractivity contribution in [2.75, 3.05) is 6.61 Å². The first kappa shape index (κ1) is 15.5. The highest BCUT2D eigenvalue weighted by Gasteiger charge is 2.45. The Hall–Kier alpha value is -2.05. The van der Waals surface area contributed by atoms with Crippen LogP contribution < -0.4 is 0 Å². The lowest BCUT2D eigenvalue weighted by Crippen LogP contribution is -2.54. The number of carbonyl (C=O) groups excluding carboxylic acids is 1. The molecule has 2 aliphatic rings. The highest BCUT2D eigenvalue weighted by Crippen LogP contribution is 2.37. The molecule has 0 saturated carbocycles. The van der Waals surface area contributed by atoms with Gasteiger partial charge in [0.15, 0.2) is 18.9 Å². The van der Waals surface area contributed by atoms with Gasteiger partial charge in [-0.2, -0.15) is 0 Å². The number of carbonyl (C=O) groups is 1. The van der Waals surface area contributed by atoms with E-state index in [1.54, 1.807) is 0 Å². The Morgan fingerprint density at radius 2 is 1.42 bits per heavy atom. The maximum atomic E-state index is 11.5. The topological polar surface area (TPSA) is 54.0 Å². The van der Waals surface area contributed by atoms with E-state index < -0.39 is 24.8 Å². The second-order valence-electron chi connectivity index (χ2n) is 5.83. The summed E-state index contributed by atoms with van der Waals surface area (Å²) in [5.41, 5.74) is 1.78. The third kappa shape index (κ3) is 2.99. The van der Waals surface area contributed by atoms with Gasteiger partial charge < -0.3 is 23.7 Å². The van der Waals surface area contributed by atoms with Crippen LogP contribution in [0.4, 0.5) is 0 Å².